The molecule has 2 rings (SSSR count). The van der Waals surface area contributed by atoms with Gasteiger partial charge in [0, 0.05) is 16.9 Å². The molecule has 0 saturated carbocycles. The fraction of sp³-hybridized carbons (Fsp3) is 0.235. The molecule has 3 N–H and O–H groups in total. The molecule has 3 heteroatoms. The molecule has 3 nitrogen and oxygen atoms in total. The number of anilines is 2. The van der Waals surface area contributed by atoms with Gasteiger partial charge in [-0.15, -0.1) is 0 Å². The SMILES string of the molecule is Cc1cc(C)c(NC(=O)c2ccc(N)cc2C)c(C)c1. The highest BCUT2D eigenvalue weighted by atomic mass is 16.1. The van der Waals surface area contributed by atoms with Gasteiger partial charge >= 0.3 is 0 Å². The number of nitrogen functional groups attached to an aromatic ring is 1. The standard InChI is InChI=1S/C17H20N2O/c1-10-7-12(3)16(13(4)8-10)19-17(20)15-6-5-14(18)9-11(15)2/h5-9H,18H2,1-4H3,(H,19,20). The molecule has 0 aliphatic rings. The molecule has 0 aliphatic carbocycles. The van der Waals surface area contributed by atoms with Crippen LogP contribution in [0.25, 0.3) is 0 Å². The minimum absolute atomic E-state index is 0.0995. The maximum Gasteiger partial charge on any atom is 0.255 e. The Morgan fingerprint density at radius 1 is 0.950 bits per heavy atom. The van der Waals surface area contributed by atoms with E-state index in [2.05, 4.69) is 24.4 Å². The summed E-state index contributed by atoms with van der Waals surface area (Å²) in [6.07, 6.45) is 0. The number of hydrogen-bond acceptors (Lipinski definition) is 2. The molecular weight excluding hydrogens is 248 g/mol. The molecule has 0 bridgehead atoms. The molecule has 0 heterocycles. The lowest BCUT2D eigenvalue weighted by Crippen LogP contribution is -2.15. The van der Waals surface area contributed by atoms with Crippen molar-refractivity contribution in [1.82, 2.24) is 0 Å². The van der Waals surface area contributed by atoms with Crippen LogP contribution >= 0.6 is 0 Å². The van der Waals surface area contributed by atoms with Gasteiger partial charge in [0.2, 0.25) is 0 Å². The van der Waals surface area contributed by atoms with Crippen LogP contribution in [0, 0.1) is 27.7 Å². The molecule has 0 saturated heterocycles. The zero-order chi connectivity index (χ0) is 14.9. The normalized spacial score (nSPS) is 10.4. The van der Waals surface area contributed by atoms with E-state index in [-0.39, 0.29) is 5.91 Å². The van der Waals surface area contributed by atoms with Gasteiger partial charge in [0.25, 0.3) is 5.91 Å². The number of rotatable bonds is 2. The molecule has 1 amide bonds. The first-order valence-electron chi connectivity index (χ1n) is 6.64. The number of amides is 1. The van der Waals surface area contributed by atoms with Crippen molar-refractivity contribution in [3.63, 3.8) is 0 Å². The number of carbonyl (C=O) groups excluding carboxylic acids is 1. The van der Waals surface area contributed by atoms with Crippen molar-refractivity contribution >= 4 is 17.3 Å². The lowest BCUT2D eigenvalue weighted by molar-refractivity contribution is 0.102. The Labute approximate surface area is 119 Å². The molecule has 0 atom stereocenters. The van der Waals surface area contributed by atoms with Crippen LogP contribution < -0.4 is 11.1 Å². The van der Waals surface area contributed by atoms with Gasteiger partial charge in [-0.25, -0.2) is 0 Å². The van der Waals surface area contributed by atoms with Crippen LogP contribution in [-0.2, 0) is 0 Å². The summed E-state index contributed by atoms with van der Waals surface area (Å²) in [6, 6.07) is 9.45. The molecule has 2 aromatic carbocycles. The van der Waals surface area contributed by atoms with Gasteiger partial charge in [0.05, 0.1) is 0 Å². The summed E-state index contributed by atoms with van der Waals surface area (Å²) in [4.78, 5) is 12.4. The Balaban J connectivity index is 2.33. The van der Waals surface area contributed by atoms with Crippen molar-refractivity contribution in [2.45, 2.75) is 27.7 Å². The summed E-state index contributed by atoms with van der Waals surface area (Å²) in [7, 11) is 0. The van der Waals surface area contributed by atoms with Gasteiger partial charge in [-0.05, 0) is 62.6 Å². The maximum absolute atomic E-state index is 12.4. The zero-order valence-electron chi connectivity index (χ0n) is 12.4. The Morgan fingerprint density at radius 2 is 1.55 bits per heavy atom. The molecule has 20 heavy (non-hydrogen) atoms. The molecule has 0 aromatic heterocycles. The monoisotopic (exact) mass is 268 g/mol. The minimum Gasteiger partial charge on any atom is -0.399 e. The van der Waals surface area contributed by atoms with Gasteiger partial charge in [0.15, 0.2) is 0 Å². The number of nitrogens with two attached hydrogens (primary N) is 1. The summed E-state index contributed by atoms with van der Waals surface area (Å²) in [5.74, 6) is -0.0995. The Morgan fingerprint density at radius 3 is 2.10 bits per heavy atom. The fourth-order valence-electron chi connectivity index (χ4n) is 2.50. The number of nitrogens with one attached hydrogen (secondary N) is 1. The van der Waals surface area contributed by atoms with Gasteiger partial charge in [0.1, 0.15) is 0 Å². The van der Waals surface area contributed by atoms with E-state index in [4.69, 9.17) is 5.73 Å². The lowest BCUT2D eigenvalue weighted by Gasteiger charge is -2.14. The van der Waals surface area contributed by atoms with Crippen LogP contribution in [0.1, 0.15) is 32.6 Å². The Bertz CT molecular complexity index is 652. The summed E-state index contributed by atoms with van der Waals surface area (Å²) in [6.45, 7) is 7.95. The van der Waals surface area contributed by atoms with Crippen molar-refractivity contribution in [1.29, 1.82) is 0 Å². The molecule has 0 radical (unpaired) electrons. The average molecular weight is 268 g/mol. The first-order valence-corrected chi connectivity index (χ1v) is 6.64. The average Bonchev–Trinajstić information content (AvgIpc) is 2.33. The van der Waals surface area contributed by atoms with Crippen LogP contribution in [0.4, 0.5) is 11.4 Å². The van der Waals surface area contributed by atoms with Crippen molar-refractivity contribution in [3.05, 3.63) is 58.1 Å². The first kappa shape index (κ1) is 14.1. The van der Waals surface area contributed by atoms with Gasteiger partial charge in [-0.2, -0.15) is 0 Å². The molecule has 104 valence electrons. The molecule has 0 spiro atoms. The van der Waals surface area contributed by atoms with Crippen molar-refractivity contribution in [2.75, 3.05) is 11.1 Å². The Hall–Kier alpha value is -2.29. The molecular formula is C17H20N2O. The van der Waals surface area contributed by atoms with E-state index in [1.165, 1.54) is 5.56 Å². The Kier molecular flexibility index (Phi) is 3.79. The lowest BCUT2D eigenvalue weighted by atomic mass is 10.0. The van der Waals surface area contributed by atoms with Crippen LogP contribution in [0.3, 0.4) is 0 Å². The molecule has 2 aromatic rings. The molecule has 0 aliphatic heterocycles. The predicted octanol–water partition coefficient (Wildman–Crippen LogP) is 3.75. The van der Waals surface area contributed by atoms with E-state index >= 15 is 0 Å². The van der Waals surface area contributed by atoms with E-state index in [1.54, 1.807) is 12.1 Å². The van der Waals surface area contributed by atoms with E-state index in [0.717, 1.165) is 22.4 Å². The third-order valence-corrected chi connectivity index (χ3v) is 3.41. The van der Waals surface area contributed by atoms with Crippen molar-refractivity contribution in [2.24, 2.45) is 0 Å². The summed E-state index contributed by atoms with van der Waals surface area (Å²) >= 11 is 0. The second kappa shape index (κ2) is 5.37. The second-order valence-electron chi connectivity index (χ2n) is 5.30. The predicted molar refractivity (Wildman–Crippen MR) is 84.2 cm³/mol. The van der Waals surface area contributed by atoms with Crippen LogP contribution in [0.15, 0.2) is 30.3 Å². The van der Waals surface area contributed by atoms with E-state index < -0.39 is 0 Å². The molecule has 0 fully saturated rings. The second-order valence-corrected chi connectivity index (χ2v) is 5.30. The van der Waals surface area contributed by atoms with Crippen molar-refractivity contribution < 1.29 is 4.79 Å². The van der Waals surface area contributed by atoms with E-state index in [9.17, 15) is 4.79 Å². The molecule has 0 unspecified atom stereocenters. The number of aryl methyl sites for hydroxylation is 4. The first-order chi connectivity index (χ1) is 9.38. The van der Waals surface area contributed by atoms with E-state index in [1.807, 2.05) is 26.8 Å². The van der Waals surface area contributed by atoms with Crippen LogP contribution in [0.5, 0.6) is 0 Å². The highest BCUT2D eigenvalue weighted by Crippen LogP contribution is 2.23. The summed E-state index contributed by atoms with van der Waals surface area (Å²) in [5, 5.41) is 3.00. The van der Waals surface area contributed by atoms with Crippen LogP contribution in [0.2, 0.25) is 0 Å². The minimum atomic E-state index is -0.0995. The topological polar surface area (TPSA) is 55.1 Å². The third-order valence-electron chi connectivity index (χ3n) is 3.41. The van der Waals surface area contributed by atoms with Crippen LogP contribution in [-0.4, -0.2) is 5.91 Å². The largest absolute Gasteiger partial charge is 0.399 e. The number of carbonyl (C=O) groups is 1. The number of benzene rings is 2. The van der Waals surface area contributed by atoms with Gasteiger partial charge in [-0.1, -0.05) is 17.7 Å². The third kappa shape index (κ3) is 2.82. The summed E-state index contributed by atoms with van der Waals surface area (Å²) < 4.78 is 0. The maximum atomic E-state index is 12.4. The van der Waals surface area contributed by atoms with Crippen molar-refractivity contribution in [3.8, 4) is 0 Å². The highest BCUT2D eigenvalue weighted by Gasteiger charge is 2.12. The smallest absolute Gasteiger partial charge is 0.255 e. The quantitative estimate of drug-likeness (QED) is 0.815. The van der Waals surface area contributed by atoms with Gasteiger partial charge in [-0.3, -0.25) is 4.79 Å². The van der Waals surface area contributed by atoms with E-state index in [0.29, 0.717) is 11.3 Å². The highest BCUT2D eigenvalue weighted by molar-refractivity contribution is 6.06. The fourth-order valence-corrected chi connectivity index (χ4v) is 2.50. The zero-order valence-corrected chi connectivity index (χ0v) is 12.4. The summed E-state index contributed by atoms with van der Waals surface area (Å²) in [5.41, 5.74) is 12.1. The van der Waals surface area contributed by atoms with Gasteiger partial charge < -0.3 is 11.1 Å². The number of hydrogen-bond donors (Lipinski definition) is 2.